The fourth-order valence-corrected chi connectivity index (χ4v) is 10.5. The summed E-state index contributed by atoms with van der Waals surface area (Å²) in [5.74, 6) is 0.382. The van der Waals surface area contributed by atoms with E-state index < -0.39 is 19.8 Å². The van der Waals surface area contributed by atoms with E-state index in [1.807, 2.05) is 53.7 Å². The molecule has 2 amide bonds. The first-order valence-corrected chi connectivity index (χ1v) is 20.2. The fourth-order valence-electron chi connectivity index (χ4n) is 5.20. The molecule has 49 heavy (non-hydrogen) atoms. The van der Waals surface area contributed by atoms with Gasteiger partial charge in [0.15, 0.2) is 0 Å². The number of benzene rings is 3. The topological polar surface area (TPSA) is 132 Å². The molecule has 3 aromatic carbocycles. The van der Waals surface area contributed by atoms with E-state index in [1.165, 1.54) is 7.11 Å². The van der Waals surface area contributed by atoms with Gasteiger partial charge in [-0.2, -0.15) is 0 Å². The number of nitrogens with one attached hydrogen (secondary N) is 2. The van der Waals surface area contributed by atoms with Crippen molar-refractivity contribution < 1.29 is 37.6 Å². The summed E-state index contributed by atoms with van der Waals surface area (Å²) in [7, 11) is -1.34. The summed E-state index contributed by atoms with van der Waals surface area (Å²) in [4.78, 5) is 37.2. The van der Waals surface area contributed by atoms with Crippen molar-refractivity contribution >= 4 is 87.4 Å². The Labute approximate surface area is 330 Å². The zero-order valence-electron chi connectivity index (χ0n) is 29.0. The molecule has 0 bridgehead atoms. The highest BCUT2D eigenvalue weighted by Crippen LogP contribution is 2.44. The van der Waals surface area contributed by atoms with Gasteiger partial charge in [-0.1, -0.05) is 44.5 Å². The maximum absolute atomic E-state index is 13.6. The second-order valence-corrected chi connectivity index (χ2v) is 17.8. The van der Waals surface area contributed by atoms with E-state index in [0.717, 1.165) is 49.8 Å². The Morgan fingerprint density at radius 2 is 1.59 bits per heavy atom. The van der Waals surface area contributed by atoms with Crippen molar-refractivity contribution in [2.24, 2.45) is 5.41 Å². The zero-order valence-corrected chi connectivity index (χ0v) is 36.3. The van der Waals surface area contributed by atoms with Gasteiger partial charge in [0.25, 0.3) is 5.91 Å². The Morgan fingerprint density at radius 3 is 2.18 bits per heavy atom. The van der Waals surface area contributed by atoms with Gasteiger partial charge >= 0.3 is 7.82 Å². The van der Waals surface area contributed by atoms with Crippen LogP contribution in [0.5, 0.6) is 11.5 Å². The highest BCUT2D eigenvalue weighted by Gasteiger charge is 2.28. The fraction of sp³-hybridized carbons (Fsp3) is 0.429. The van der Waals surface area contributed by atoms with Gasteiger partial charge < -0.3 is 25.0 Å². The lowest BCUT2D eigenvalue weighted by Crippen LogP contribution is -2.46. The van der Waals surface area contributed by atoms with Crippen LogP contribution in [0.4, 0.5) is 0 Å². The second kappa shape index (κ2) is 18.3. The molecule has 268 valence electrons. The number of hydrogen-bond donors (Lipinski definition) is 3. The van der Waals surface area contributed by atoms with Crippen LogP contribution in [0.3, 0.4) is 0 Å². The first-order chi connectivity index (χ1) is 22.9. The highest BCUT2D eigenvalue weighted by molar-refractivity contribution is 14.1. The molecule has 0 aliphatic heterocycles. The monoisotopic (exact) mass is 1030 g/mol. The predicted octanol–water partition coefficient (Wildman–Crippen LogP) is 8.14. The minimum absolute atomic E-state index is 0.0125. The van der Waals surface area contributed by atoms with Crippen LogP contribution in [0.1, 0.15) is 59.8 Å². The second-order valence-electron chi connectivity index (χ2n) is 12.9. The molecule has 0 spiro atoms. The summed E-state index contributed by atoms with van der Waals surface area (Å²) in [6.07, 6.45) is 0.563. The van der Waals surface area contributed by atoms with Gasteiger partial charge in [-0.15, -0.1) is 0 Å². The largest absolute Gasteiger partial charge is 0.496 e. The average Bonchev–Trinajstić information content (AvgIpc) is 3.00. The van der Waals surface area contributed by atoms with Gasteiger partial charge in [0.1, 0.15) is 11.5 Å². The third-order valence-electron chi connectivity index (χ3n) is 7.41. The molecule has 3 aromatic rings. The van der Waals surface area contributed by atoms with Crippen LogP contribution in [0.2, 0.25) is 0 Å². The summed E-state index contributed by atoms with van der Waals surface area (Å²) in [6.45, 7) is 11.2. The van der Waals surface area contributed by atoms with E-state index in [4.69, 9.17) is 18.5 Å². The molecule has 0 saturated carbocycles. The van der Waals surface area contributed by atoms with Crippen molar-refractivity contribution in [1.82, 2.24) is 10.6 Å². The number of aryl methyl sites for hydroxylation is 3. The lowest BCUT2D eigenvalue weighted by atomic mass is 9.92. The molecule has 3 rings (SSSR count). The van der Waals surface area contributed by atoms with E-state index in [1.54, 1.807) is 19.2 Å². The van der Waals surface area contributed by atoms with Crippen LogP contribution in [0, 0.1) is 36.9 Å². The molecule has 0 saturated heterocycles. The SMILES string of the molecule is COc1ccc(-c2c(C)cc(C)cc2C)cc1C(=O)NC[C@H](COP(=O)(O)OCC(C)(C)C)NC(=O)CCc1c(I)cc(I)c(OC)c1I. The Hall–Kier alpha value is -1.50. The number of halogens is 3. The third-order valence-corrected chi connectivity index (χ3v) is 11.2. The molecule has 0 aliphatic carbocycles. The van der Waals surface area contributed by atoms with E-state index in [2.05, 4.69) is 90.5 Å². The number of carbonyl (C=O) groups excluding carboxylic acids is 2. The van der Waals surface area contributed by atoms with Crippen LogP contribution in [0.15, 0.2) is 36.4 Å². The van der Waals surface area contributed by atoms with Gasteiger partial charge in [-0.05, 0) is 146 Å². The molecule has 3 N–H and O–H groups in total. The van der Waals surface area contributed by atoms with Crippen molar-refractivity contribution in [2.75, 3.05) is 34.0 Å². The van der Waals surface area contributed by atoms with Crippen LogP contribution < -0.4 is 20.1 Å². The van der Waals surface area contributed by atoms with E-state index in [-0.39, 0.29) is 37.5 Å². The molecule has 1 unspecified atom stereocenters. The van der Waals surface area contributed by atoms with E-state index in [0.29, 0.717) is 17.7 Å². The summed E-state index contributed by atoms with van der Waals surface area (Å²) >= 11 is 6.69. The van der Waals surface area contributed by atoms with Crippen molar-refractivity contribution in [1.29, 1.82) is 0 Å². The smallest absolute Gasteiger partial charge is 0.472 e. The number of methoxy groups -OCH3 is 2. The number of phosphoric ester groups is 1. The first-order valence-electron chi connectivity index (χ1n) is 15.5. The van der Waals surface area contributed by atoms with Gasteiger partial charge in [0.2, 0.25) is 5.91 Å². The summed E-state index contributed by atoms with van der Waals surface area (Å²) in [5.41, 5.74) is 6.14. The van der Waals surface area contributed by atoms with Crippen molar-refractivity contribution in [3.8, 4) is 22.6 Å². The first kappa shape index (κ1) is 41.9. The quantitative estimate of drug-likeness (QED) is 0.103. The predicted molar refractivity (Wildman–Crippen MR) is 218 cm³/mol. The van der Waals surface area contributed by atoms with Crippen molar-refractivity contribution in [3.05, 3.63) is 74.9 Å². The van der Waals surface area contributed by atoms with Crippen LogP contribution in [-0.2, 0) is 24.8 Å². The molecule has 0 aromatic heterocycles. The molecule has 0 heterocycles. The average molecular weight is 1030 g/mol. The van der Waals surface area contributed by atoms with Gasteiger partial charge in [-0.25, -0.2) is 4.57 Å². The van der Waals surface area contributed by atoms with Crippen LogP contribution in [0.25, 0.3) is 11.1 Å². The standard InChI is InChI=1S/C35H44I3N2O8P/c1-20-13-21(2)31(22(3)14-20)23-9-11-29(45-7)26(15-23)34(42)39-17-24(18-47-49(43,44)48-19-35(4,5)6)40-30(41)12-10-25-27(36)16-28(37)33(46-8)32(25)38/h9,11,13-16,24H,10,12,17-19H2,1-8H3,(H,39,42)(H,40,41)(H,43,44)/t24-/m1/s1. The number of carbonyl (C=O) groups is 2. The Balaban J connectivity index is 1.81. The van der Waals surface area contributed by atoms with Crippen molar-refractivity contribution in [2.45, 2.75) is 60.4 Å². The summed E-state index contributed by atoms with van der Waals surface area (Å²) in [5, 5.41) is 5.73. The Morgan fingerprint density at radius 1 is 0.939 bits per heavy atom. The minimum Gasteiger partial charge on any atom is -0.496 e. The number of phosphoric acid groups is 1. The lowest BCUT2D eigenvalue weighted by Gasteiger charge is -2.23. The molecule has 0 aliphatic rings. The Kier molecular flexibility index (Phi) is 15.7. The van der Waals surface area contributed by atoms with E-state index >= 15 is 0 Å². The number of ether oxygens (including phenoxy) is 2. The highest BCUT2D eigenvalue weighted by atomic mass is 127. The maximum Gasteiger partial charge on any atom is 0.472 e. The van der Waals surface area contributed by atoms with Gasteiger partial charge in [0, 0.05) is 16.5 Å². The molecule has 10 nitrogen and oxygen atoms in total. The molecule has 0 fully saturated rings. The van der Waals surface area contributed by atoms with Crippen LogP contribution in [-0.4, -0.2) is 56.7 Å². The minimum atomic E-state index is -4.45. The van der Waals surface area contributed by atoms with Crippen LogP contribution >= 0.6 is 75.6 Å². The third kappa shape index (κ3) is 12.3. The Bertz CT molecular complexity index is 1700. The lowest BCUT2D eigenvalue weighted by molar-refractivity contribution is -0.122. The zero-order chi connectivity index (χ0) is 36.7. The molecule has 0 radical (unpaired) electrons. The number of amides is 2. The molecule has 14 heteroatoms. The number of hydrogen-bond acceptors (Lipinski definition) is 7. The maximum atomic E-state index is 13.6. The number of rotatable bonds is 15. The van der Waals surface area contributed by atoms with Gasteiger partial charge in [-0.3, -0.25) is 18.6 Å². The normalized spacial score (nSPS) is 13.4. The molecule has 2 atom stereocenters. The van der Waals surface area contributed by atoms with Crippen molar-refractivity contribution in [3.63, 3.8) is 0 Å². The summed E-state index contributed by atoms with van der Waals surface area (Å²) < 4.78 is 37.2. The molecular formula is C35H44I3N2O8P. The molecular weight excluding hydrogens is 988 g/mol. The van der Waals surface area contributed by atoms with Gasteiger partial charge in [0.05, 0.1) is 46.2 Å². The van der Waals surface area contributed by atoms with E-state index in [9.17, 15) is 19.0 Å². The summed E-state index contributed by atoms with van der Waals surface area (Å²) in [6, 6.07) is 10.8.